The Labute approximate surface area is 82.3 Å². The number of nitrogens with one attached hydrogen (secondary N) is 1. The Hall–Kier alpha value is -2.24. The molecule has 0 aliphatic heterocycles. The molecule has 0 bridgehead atoms. The number of benzene rings is 1. The molecular formula is C9H5FN2O3. The van der Waals surface area contributed by atoms with Crippen molar-refractivity contribution in [1.29, 1.82) is 0 Å². The standard InChI is InChI=1S/C9H5FN2O3/c10-5-3-6-8(13)1-2-11-9(6)7(4-5)12(14)15/h1-4H,(H,11,13). The highest BCUT2D eigenvalue weighted by atomic mass is 19.1. The molecule has 0 saturated carbocycles. The van der Waals surface area contributed by atoms with Gasteiger partial charge in [-0.15, -0.1) is 0 Å². The highest BCUT2D eigenvalue weighted by Crippen LogP contribution is 2.22. The summed E-state index contributed by atoms with van der Waals surface area (Å²) in [7, 11) is 0. The van der Waals surface area contributed by atoms with Gasteiger partial charge in [-0.1, -0.05) is 0 Å². The van der Waals surface area contributed by atoms with Crippen LogP contribution in [0, 0.1) is 15.9 Å². The van der Waals surface area contributed by atoms with Crippen LogP contribution in [-0.4, -0.2) is 9.91 Å². The van der Waals surface area contributed by atoms with Gasteiger partial charge in [0.15, 0.2) is 5.43 Å². The van der Waals surface area contributed by atoms with Gasteiger partial charge in [0.2, 0.25) is 0 Å². The molecule has 0 amide bonds. The normalized spacial score (nSPS) is 10.5. The number of hydrogen-bond acceptors (Lipinski definition) is 3. The van der Waals surface area contributed by atoms with E-state index in [1.54, 1.807) is 0 Å². The van der Waals surface area contributed by atoms with Gasteiger partial charge in [-0.2, -0.15) is 0 Å². The lowest BCUT2D eigenvalue weighted by atomic mass is 10.2. The van der Waals surface area contributed by atoms with Gasteiger partial charge in [-0.25, -0.2) is 4.39 Å². The molecule has 0 spiro atoms. The smallest absolute Gasteiger partial charge is 0.296 e. The van der Waals surface area contributed by atoms with Gasteiger partial charge in [0.25, 0.3) is 5.69 Å². The van der Waals surface area contributed by atoms with Crippen LogP contribution in [0.1, 0.15) is 0 Å². The number of nitro groups is 1. The monoisotopic (exact) mass is 208 g/mol. The van der Waals surface area contributed by atoms with Gasteiger partial charge in [0.1, 0.15) is 11.3 Å². The van der Waals surface area contributed by atoms with Crippen LogP contribution in [0.25, 0.3) is 10.9 Å². The third-order valence-electron chi connectivity index (χ3n) is 2.01. The van der Waals surface area contributed by atoms with Crippen LogP contribution < -0.4 is 5.43 Å². The van der Waals surface area contributed by atoms with E-state index < -0.39 is 21.9 Å². The first-order valence-corrected chi connectivity index (χ1v) is 4.05. The van der Waals surface area contributed by atoms with E-state index in [9.17, 15) is 19.3 Å². The van der Waals surface area contributed by atoms with E-state index >= 15 is 0 Å². The largest absolute Gasteiger partial charge is 0.355 e. The molecule has 1 aromatic carbocycles. The minimum absolute atomic E-state index is 0.0239. The molecule has 15 heavy (non-hydrogen) atoms. The Morgan fingerprint density at radius 3 is 2.80 bits per heavy atom. The maximum Gasteiger partial charge on any atom is 0.296 e. The number of H-pyrrole nitrogens is 1. The molecule has 0 radical (unpaired) electrons. The Bertz CT molecular complexity index is 606. The Morgan fingerprint density at radius 2 is 2.13 bits per heavy atom. The van der Waals surface area contributed by atoms with E-state index in [1.807, 2.05) is 0 Å². The molecule has 2 rings (SSSR count). The average molecular weight is 208 g/mol. The zero-order chi connectivity index (χ0) is 11.0. The number of nitrogens with zero attached hydrogens (tertiary/aromatic N) is 1. The molecule has 5 nitrogen and oxygen atoms in total. The topological polar surface area (TPSA) is 76.0 Å². The molecule has 0 fully saturated rings. The van der Waals surface area contributed by atoms with E-state index in [2.05, 4.69) is 4.98 Å². The van der Waals surface area contributed by atoms with Gasteiger partial charge in [0, 0.05) is 12.3 Å². The summed E-state index contributed by atoms with van der Waals surface area (Å²) in [6.07, 6.45) is 1.29. The first-order valence-electron chi connectivity index (χ1n) is 4.05. The van der Waals surface area contributed by atoms with E-state index in [0.717, 1.165) is 12.1 Å². The second-order valence-electron chi connectivity index (χ2n) is 2.95. The number of fused-ring (bicyclic) bond motifs is 1. The molecule has 0 unspecified atom stereocenters. The molecule has 1 N–H and O–H groups in total. The summed E-state index contributed by atoms with van der Waals surface area (Å²) >= 11 is 0. The second-order valence-corrected chi connectivity index (χ2v) is 2.95. The predicted octanol–water partition coefficient (Wildman–Crippen LogP) is 1.58. The summed E-state index contributed by atoms with van der Waals surface area (Å²) in [5.41, 5.74) is -0.858. The maximum absolute atomic E-state index is 13.0. The van der Waals surface area contributed by atoms with Crippen molar-refractivity contribution in [2.75, 3.05) is 0 Å². The van der Waals surface area contributed by atoms with Crippen molar-refractivity contribution in [3.05, 3.63) is 50.6 Å². The summed E-state index contributed by atoms with van der Waals surface area (Å²) in [6, 6.07) is 2.94. The fourth-order valence-electron chi connectivity index (χ4n) is 1.37. The quantitative estimate of drug-likeness (QED) is 0.570. The molecule has 76 valence electrons. The zero-order valence-electron chi connectivity index (χ0n) is 7.36. The molecule has 1 heterocycles. The number of rotatable bonds is 1. The van der Waals surface area contributed by atoms with Crippen LogP contribution in [0.15, 0.2) is 29.2 Å². The highest BCUT2D eigenvalue weighted by molar-refractivity contribution is 5.86. The molecule has 0 saturated heterocycles. The molecule has 1 aromatic heterocycles. The van der Waals surface area contributed by atoms with Crippen molar-refractivity contribution < 1.29 is 9.31 Å². The third kappa shape index (κ3) is 1.45. The molecule has 0 atom stereocenters. The molecule has 0 aliphatic rings. The van der Waals surface area contributed by atoms with Crippen molar-refractivity contribution in [3.8, 4) is 0 Å². The lowest BCUT2D eigenvalue weighted by Gasteiger charge is -1.98. The Kier molecular flexibility index (Phi) is 1.96. The van der Waals surface area contributed by atoms with Crippen LogP contribution in [0.5, 0.6) is 0 Å². The number of nitro benzene ring substituents is 1. The second kappa shape index (κ2) is 3.16. The van der Waals surface area contributed by atoms with Crippen LogP contribution >= 0.6 is 0 Å². The first-order chi connectivity index (χ1) is 7.09. The molecular weight excluding hydrogens is 203 g/mol. The van der Waals surface area contributed by atoms with Gasteiger partial charge < -0.3 is 4.98 Å². The lowest BCUT2D eigenvalue weighted by Crippen LogP contribution is -2.03. The number of non-ortho nitro benzene ring substituents is 1. The van der Waals surface area contributed by atoms with Gasteiger partial charge in [-0.05, 0) is 6.07 Å². The number of pyridine rings is 1. The predicted molar refractivity (Wildman–Crippen MR) is 51.2 cm³/mol. The maximum atomic E-state index is 13.0. The fraction of sp³-hybridized carbons (Fsp3) is 0. The van der Waals surface area contributed by atoms with Crippen molar-refractivity contribution in [2.24, 2.45) is 0 Å². The summed E-state index contributed by atoms with van der Waals surface area (Å²) in [6.45, 7) is 0. The highest BCUT2D eigenvalue weighted by Gasteiger charge is 2.15. The average Bonchev–Trinajstić information content (AvgIpc) is 2.18. The lowest BCUT2D eigenvalue weighted by molar-refractivity contribution is -0.383. The van der Waals surface area contributed by atoms with Crippen molar-refractivity contribution in [1.82, 2.24) is 4.98 Å². The summed E-state index contributed by atoms with van der Waals surface area (Å²) < 4.78 is 13.0. The van der Waals surface area contributed by atoms with E-state index in [1.165, 1.54) is 12.3 Å². The third-order valence-corrected chi connectivity index (χ3v) is 2.01. The summed E-state index contributed by atoms with van der Waals surface area (Å²) in [5.74, 6) is -0.800. The minimum atomic E-state index is -0.800. The van der Waals surface area contributed by atoms with E-state index in [0.29, 0.717) is 0 Å². The number of hydrogen-bond donors (Lipinski definition) is 1. The van der Waals surface area contributed by atoms with Crippen molar-refractivity contribution in [2.45, 2.75) is 0 Å². The number of halogens is 1. The number of aromatic nitrogens is 1. The minimum Gasteiger partial charge on any atom is -0.355 e. The summed E-state index contributed by atoms with van der Waals surface area (Å²) in [5, 5.41) is 10.6. The summed E-state index contributed by atoms with van der Waals surface area (Å²) in [4.78, 5) is 23.7. The Morgan fingerprint density at radius 1 is 1.40 bits per heavy atom. The number of aromatic amines is 1. The Balaban J connectivity index is 2.99. The van der Waals surface area contributed by atoms with Crippen molar-refractivity contribution in [3.63, 3.8) is 0 Å². The SMILES string of the molecule is O=c1cc[nH]c2c([N+](=O)[O-])cc(F)cc12. The van der Waals surface area contributed by atoms with Crippen LogP contribution in [0.2, 0.25) is 0 Å². The van der Waals surface area contributed by atoms with E-state index in [-0.39, 0.29) is 10.9 Å². The van der Waals surface area contributed by atoms with Crippen LogP contribution in [-0.2, 0) is 0 Å². The molecule has 0 aliphatic carbocycles. The van der Waals surface area contributed by atoms with Gasteiger partial charge in [0.05, 0.1) is 16.4 Å². The molecule has 6 heteroatoms. The van der Waals surface area contributed by atoms with Crippen LogP contribution in [0.4, 0.5) is 10.1 Å². The van der Waals surface area contributed by atoms with Gasteiger partial charge in [-0.3, -0.25) is 14.9 Å². The fourth-order valence-corrected chi connectivity index (χ4v) is 1.37. The van der Waals surface area contributed by atoms with Gasteiger partial charge >= 0.3 is 0 Å². The molecule has 2 aromatic rings. The van der Waals surface area contributed by atoms with E-state index in [4.69, 9.17) is 0 Å². The van der Waals surface area contributed by atoms with Crippen molar-refractivity contribution >= 4 is 16.6 Å². The van der Waals surface area contributed by atoms with Crippen LogP contribution in [0.3, 0.4) is 0 Å². The first kappa shape index (κ1) is 9.32. The zero-order valence-corrected chi connectivity index (χ0v) is 7.36.